The van der Waals surface area contributed by atoms with Crippen molar-refractivity contribution >= 4 is 0 Å². The molecule has 62 valence electrons. The molecule has 0 aromatic heterocycles. The van der Waals surface area contributed by atoms with Crippen LogP contribution >= 0.6 is 0 Å². The minimum Gasteiger partial charge on any atom is -0.394 e. The highest BCUT2D eigenvalue weighted by atomic mass is 16.5. The Balaban J connectivity index is 2.57. The Morgan fingerprint density at radius 3 is 2.82 bits per heavy atom. The summed E-state index contributed by atoms with van der Waals surface area (Å²) in [4.78, 5) is 0. The molecule has 1 heterocycles. The van der Waals surface area contributed by atoms with Gasteiger partial charge in [-0.3, -0.25) is 0 Å². The Kier molecular flexibility index (Phi) is 2.48. The summed E-state index contributed by atoms with van der Waals surface area (Å²) in [5.74, 6) is 0. The zero-order chi connectivity index (χ0) is 8.32. The molecule has 3 nitrogen and oxygen atoms in total. The van der Waals surface area contributed by atoms with Crippen molar-refractivity contribution in [3.8, 4) is 6.07 Å². The number of ether oxygens (including phenoxy) is 1. The predicted octanol–water partition coefficient (Wildman–Crippen LogP) is 0.830. The fourth-order valence-electron chi connectivity index (χ4n) is 1.38. The monoisotopic (exact) mass is 155 g/mol. The van der Waals surface area contributed by atoms with Crippen LogP contribution in [-0.4, -0.2) is 23.4 Å². The highest BCUT2D eigenvalue weighted by molar-refractivity contribution is 5.04. The Morgan fingerprint density at radius 2 is 2.55 bits per heavy atom. The topological polar surface area (TPSA) is 53.2 Å². The maximum atomic E-state index is 8.77. The van der Waals surface area contributed by atoms with Gasteiger partial charge in [-0.1, -0.05) is 6.92 Å². The molecule has 0 saturated carbocycles. The highest BCUT2D eigenvalue weighted by Crippen LogP contribution is 2.32. The first-order valence-electron chi connectivity index (χ1n) is 3.96. The third kappa shape index (κ3) is 1.52. The molecule has 1 aliphatic heterocycles. The van der Waals surface area contributed by atoms with Crippen LogP contribution in [0.1, 0.15) is 26.2 Å². The molecule has 0 aromatic rings. The molecular formula is C8H13NO2. The average molecular weight is 155 g/mol. The van der Waals surface area contributed by atoms with Crippen LogP contribution in [0.2, 0.25) is 0 Å². The quantitative estimate of drug-likeness (QED) is 0.642. The van der Waals surface area contributed by atoms with Gasteiger partial charge in [0.1, 0.15) is 0 Å². The Bertz CT molecular complexity index is 175. The van der Waals surface area contributed by atoms with Crippen LogP contribution < -0.4 is 0 Å². The van der Waals surface area contributed by atoms with Gasteiger partial charge in [0.15, 0.2) is 5.60 Å². The Hall–Kier alpha value is -0.590. The zero-order valence-corrected chi connectivity index (χ0v) is 6.71. The third-order valence-corrected chi connectivity index (χ3v) is 2.24. The first kappa shape index (κ1) is 8.51. The standard InChI is InChI=1S/C8H13NO2/c1-2-8(6-9)4-3-7(5-10)11-8/h7,10H,2-5H2,1H3/t7-,8-/m0/s1. The number of aliphatic hydroxyl groups excluding tert-OH is 1. The number of nitrogens with zero attached hydrogens (tertiary/aromatic N) is 1. The molecular weight excluding hydrogens is 142 g/mol. The molecule has 1 saturated heterocycles. The minimum atomic E-state index is -0.604. The van der Waals surface area contributed by atoms with Gasteiger partial charge in [-0.05, 0) is 19.3 Å². The number of aliphatic hydroxyl groups is 1. The largest absolute Gasteiger partial charge is 0.394 e. The molecule has 1 rings (SSSR count). The van der Waals surface area contributed by atoms with Gasteiger partial charge in [0.25, 0.3) is 0 Å². The maximum absolute atomic E-state index is 8.77. The summed E-state index contributed by atoms with van der Waals surface area (Å²) in [5, 5.41) is 17.5. The summed E-state index contributed by atoms with van der Waals surface area (Å²) in [6.45, 7) is 1.96. The summed E-state index contributed by atoms with van der Waals surface area (Å²) < 4.78 is 5.39. The number of hydrogen-bond acceptors (Lipinski definition) is 3. The van der Waals surface area contributed by atoms with Gasteiger partial charge < -0.3 is 9.84 Å². The molecule has 2 atom stereocenters. The lowest BCUT2D eigenvalue weighted by Gasteiger charge is -2.18. The molecule has 0 bridgehead atoms. The van der Waals surface area contributed by atoms with Crippen molar-refractivity contribution in [2.24, 2.45) is 0 Å². The first-order valence-corrected chi connectivity index (χ1v) is 3.96. The molecule has 0 unspecified atom stereocenters. The highest BCUT2D eigenvalue weighted by Gasteiger charge is 2.38. The number of nitriles is 1. The normalized spacial score (nSPS) is 37.0. The molecule has 0 aliphatic carbocycles. The van der Waals surface area contributed by atoms with Crippen molar-refractivity contribution in [3.63, 3.8) is 0 Å². The van der Waals surface area contributed by atoms with Gasteiger partial charge >= 0.3 is 0 Å². The van der Waals surface area contributed by atoms with Crippen molar-refractivity contribution < 1.29 is 9.84 Å². The summed E-state index contributed by atoms with van der Waals surface area (Å²) in [5.41, 5.74) is -0.604. The number of rotatable bonds is 2. The van der Waals surface area contributed by atoms with Crippen molar-refractivity contribution in [1.29, 1.82) is 5.26 Å². The SMILES string of the molecule is CC[C@@]1(C#N)CC[C@@H](CO)O1. The average Bonchev–Trinajstić information content (AvgIpc) is 2.49. The van der Waals surface area contributed by atoms with E-state index in [-0.39, 0.29) is 12.7 Å². The van der Waals surface area contributed by atoms with E-state index < -0.39 is 5.60 Å². The summed E-state index contributed by atoms with van der Waals surface area (Å²) in [6.07, 6.45) is 2.15. The van der Waals surface area contributed by atoms with E-state index in [1.165, 1.54) is 0 Å². The van der Waals surface area contributed by atoms with Crippen LogP contribution in [0.3, 0.4) is 0 Å². The number of hydrogen-bond donors (Lipinski definition) is 1. The van der Waals surface area contributed by atoms with E-state index >= 15 is 0 Å². The predicted molar refractivity (Wildman–Crippen MR) is 39.8 cm³/mol. The first-order chi connectivity index (χ1) is 5.26. The summed E-state index contributed by atoms with van der Waals surface area (Å²) >= 11 is 0. The second-order valence-corrected chi connectivity index (χ2v) is 2.92. The fraction of sp³-hybridized carbons (Fsp3) is 0.875. The van der Waals surface area contributed by atoms with Gasteiger partial charge in [-0.25, -0.2) is 0 Å². The van der Waals surface area contributed by atoms with Crippen LogP contribution in [-0.2, 0) is 4.74 Å². The molecule has 3 heteroatoms. The zero-order valence-electron chi connectivity index (χ0n) is 6.71. The molecule has 1 aliphatic rings. The molecule has 1 fully saturated rings. The molecule has 1 N–H and O–H groups in total. The van der Waals surface area contributed by atoms with Gasteiger partial charge in [0.2, 0.25) is 0 Å². The lowest BCUT2D eigenvalue weighted by Crippen LogP contribution is -2.26. The molecule has 0 aromatic carbocycles. The summed E-state index contributed by atoms with van der Waals surface area (Å²) in [7, 11) is 0. The second-order valence-electron chi connectivity index (χ2n) is 2.92. The lowest BCUT2D eigenvalue weighted by molar-refractivity contribution is -0.0280. The van der Waals surface area contributed by atoms with E-state index in [0.717, 1.165) is 12.8 Å². The smallest absolute Gasteiger partial charge is 0.154 e. The lowest BCUT2D eigenvalue weighted by atomic mass is 9.99. The molecule has 0 radical (unpaired) electrons. The van der Waals surface area contributed by atoms with Crippen LogP contribution in [0.4, 0.5) is 0 Å². The van der Waals surface area contributed by atoms with Gasteiger partial charge in [-0.2, -0.15) is 5.26 Å². The molecule has 11 heavy (non-hydrogen) atoms. The van der Waals surface area contributed by atoms with Crippen LogP contribution in [0, 0.1) is 11.3 Å². The van der Waals surface area contributed by atoms with Crippen molar-refractivity contribution in [1.82, 2.24) is 0 Å². The second kappa shape index (κ2) is 3.21. The third-order valence-electron chi connectivity index (χ3n) is 2.24. The fourth-order valence-corrected chi connectivity index (χ4v) is 1.38. The van der Waals surface area contributed by atoms with Crippen molar-refractivity contribution in [2.45, 2.75) is 37.9 Å². The van der Waals surface area contributed by atoms with Crippen LogP contribution in [0.5, 0.6) is 0 Å². The Labute approximate surface area is 66.6 Å². The molecule has 0 spiro atoms. The minimum absolute atomic E-state index is 0.0312. The van der Waals surface area contributed by atoms with E-state index in [0.29, 0.717) is 6.42 Å². The van der Waals surface area contributed by atoms with Crippen molar-refractivity contribution in [2.75, 3.05) is 6.61 Å². The van der Waals surface area contributed by atoms with E-state index in [1.807, 2.05) is 6.92 Å². The van der Waals surface area contributed by atoms with E-state index in [2.05, 4.69) is 6.07 Å². The molecule has 0 amide bonds. The van der Waals surface area contributed by atoms with Gasteiger partial charge in [-0.15, -0.1) is 0 Å². The maximum Gasteiger partial charge on any atom is 0.154 e. The Morgan fingerprint density at radius 1 is 1.82 bits per heavy atom. The van der Waals surface area contributed by atoms with Crippen LogP contribution in [0.15, 0.2) is 0 Å². The van der Waals surface area contributed by atoms with E-state index in [4.69, 9.17) is 15.1 Å². The van der Waals surface area contributed by atoms with Crippen molar-refractivity contribution in [3.05, 3.63) is 0 Å². The summed E-state index contributed by atoms with van der Waals surface area (Å²) in [6, 6.07) is 2.16. The van der Waals surface area contributed by atoms with Gasteiger partial charge in [0, 0.05) is 0 Å². The van der Waals surface area contributed by atoms with E-state index in [1.54, 1.807) is 0 Å². The van der Waals surface area contributed by atoms with E-state index in [9.17, 15) is 0 Å². The van der Waals surface area contributed by atoms with Gasteiger partial charge in [0.05, 0.1) is 18.8 Å². The van der Waals surface area contributed by atoms with Crippen LogP contribution in [0.25, 0.3) is 0 Å².